The third kappa shape index (κ3) is 35.5. The third-order valence-corrected chi connectivity index (χ3v) is 9.87. The number of allylic oxidation sites excluding steroid dienone is 4. The van der Waals surface area contributed by atoms with Crippen molar-refractivity contribution < 1.29 is 47.8 Å². The fourth-order valence-electron chi connectivity index (χ4n) is 5.67. The van der Waals surface area contributed by atoms with Crippen LogP contribution in [0, 0.1) is 0 Å². The Hall–Kier alpha value is -1.55. The molecular formula is C41H77O10P. The topological polar surface area (TPSA) is 149 Å². The fourth-order valence-corrected chi connectivity index (χ4v) is 6.46. The van der Waals surface area contributed by atoms with Crippen LogP contribution < -0.4 is 0 Å². The molecule has 0 aromatic heterocycles. The molecule has 0 saturated carbocycles. The maximum Gasteiger partial charge on any atom is 0.472 e. The monoisotopic (exact) mass is 761 g/mol. The molecule has 0 fully saturated rings. The largest absolute Gasteiger partial charge is 0.472 e. The molecule has 0 bridgehead atoms. The van der Waals surface area contributed by atoms with E-state index in [1.807, 2.05) is 0 Å². The minimum atomic E-state index is -4.63. The van der Waals surface area contributed by atoms with Crippen molar-refractivity contribution in [3.63, 3.8) is 0 Å². The molecular weight excluding hydrogens is 683 g/mol. The molecule has 11 heteroatoms. The molecule has 0 amide bonds. The van der Waals surface area contributed by atoms with Crippen LogP contribution in [-0.2, 0) is 32.7 Å². The zero-order valence-corrected chi connectivity index (χ0v) is 33.9. The zero-order valence-electron chi connectivity index (χ0n) is 33.0. The smallest absolute Gasteiger partial charge is 0.457 e. The number of hydrogen-bond donors (Lipinski definition) is 3. The lowest BCUT2D eigenvalue weighted by Gasteiger charge is -2.20. The van der Waals surface area contributed by atoms with Gasteiger partial charge in [0.05, 0.1) is 26.4 Å². The normalized spacial score (nSPS) is 14.2. The summed E-state index contributed by atoms with van der Waals surface area (Å²) in [5.41, 5.74) is 0. The van der Waals surface area contributed by atoms with Gasteiger partial charge in [-0.1, -0.05) is 154 Å². The molecule has 0 saturated heterocycles. The molecule has 0 aliphatic heterocycles. The summed E-state index contributed by atoms with van der Waals surface area (Å²) in [4.78, 5) is 34.4. The molecule has 3 atom stereocenters. The number of esters is 2. The number of carbonyl (C=O) groups excluding carboxylic acids is 2. The van der Waals surface area contributed by atoms with Gasteiger partial charge >= 0.3 is 19.8 Å². The van der Waals surface area contributed by atoms with Gasteiger partial charge in [0.25, 0.3) is 0 Å². The van der Waals surface area contributed by atoms with Gasteiger partial charge in [-0.25, -0.2) is 4.57 Å². The van der Waals surface area contributed by atoms with E-state index in [1.54, 1.807) is 0 Å². The van der Waals surface area contributed by atoms with Crippen molar-refractivity contribution >= 4 is 19.8 Å². The van der Waals surface area contributed by atoms with Gasteiger partial charge in [-0.2, -0.15) is 0 Å². The number of aliphatic hydroxyl groups is 2. The Morgan fingerprint density at radius 1 is 0.519 bits per heavy atom. The summed E-state index contributed by atoms with van der Waals surface area (Å²) in [6, 6.07) is 0. The van der Waals surface area contributed by atoms with Crippen LogP contribution in [0.15, 0.2) is 24.3 Å². The summed E-state index contributed by atoms with van der Waals surface area (Å²) in [7, 11) is -4.63. The van der Waals surface area contributed by atoms with Crippen LogP contribution in [0.3, 0.4) is 0 Å². The summed E-state index contributed by atoms with van der Waals surface area (Å²) < 4.78 is 32.5. The van der Waals surface area contributed by atoms with Crippen LogP contribution in [0.5, 0.6) is 0 Å². The first-order chi connectivity index (χ1) is 25.3. The third-order valence-electron chi connectivity index (χ3n) is 8.92. The summed E-state index contributed by atoms with van der Waals surface area (Å²) in [6.07, 6.45) is 35.7. The highest BCUT2D eigenvalue weighted by molar-refractivity contribution is 7.47. The Kier molecular flexibility index (Phi) is 36.6. The van der Waals surface area contributed by atoms with E-state index in [4.69, 9.17) is 18.5 Å². The van der Waals surface area contributed by atoms with Crippen LogP contribution in [0.4, 0.5) is 0 Å². The van der Waals surface area contributed by atoms with Crippen molar-refractivity contribution in [2.24, 2.45) is 0 Å². The number of hydrogen-bond acceptors (Lipinski definition) is 9. The van der Waals surface area contributed by atoms with E-state index in [0.717, 1.165) is 51.4 Å². The molecule has 0 aliphatic rings. The van der Waals surface area contributed by atoms with Crippen LogP contribution in [-0.4, -0.2) is 65.7 Å². The fraction of sp³-hybridized carbons (Fsp3) is 0.854. The molecule has 0 radical (unpaired) electrons. The zero-order chi connectivity index (χ0) is 38.4. The van der Waals surface area contributed by atoms with E-state index in [1.165, 1.54) is 96.3 Å². The number of phosphoric ester groups is 1. The number of phosphoric acid groups is 1. The van der Waals surface area contributed by atoms with Gasteiger partial charge in [0.1, 0.15) is 12.2 Å². The molecule has 0 aromatic carbocycles. The van der Waals surface area contributed by atoms with Crippen LogP contribution in [0.2, 0.25) is 0 Å². The van der Waals surface area contributed by atoms with E-state index in [0.29, 0.717) is 12.8 Å². The predicted octanol–water partition coefficient (Wildman–Crippen LogP) is 10.6. The van der Waals surface area contributed by atoms with Crippen molar-refractivity contribution in [1.82, 2.24) is 0 Å². The number of ether oxygens (including phenoxy) is 2. The van der Waals surface area contributed by atoms with Gasteiger partial charge < -0.3 is 24.6 Å². The summed E-state index contributed by atoms with van der Waals surface area (Å²) in [5.74, 6) is -1.02. The van der Waals surface area contributed by atoms with E-state index < -0.39 is 58.4 Å². The molecule has 0 aromatic rings. The Labute approximate surface area is 317 Å². The quantitative estimate of drug-likeness (QED) is 0.0239. The van der Waals surface area contributed by atoms with E-state index in [9.17, 15) is 29.3 Å². The standard InChI is InChI=1S/C41H77O10P/c1-3-5-7-9-11-13-15-17-18-19-20-21-23-25-27-29-31-33-41(45)51-39(35-43)37-49-52(46,47)48-36-38(34-42)50-40(44)32-30-28-26-24-22-16-14-12-10-8-6-4-2/h11,13,17-18,38-39,42-43H,3-10,12,14-16,19-37H2,1-2H3,(H,46,47)/b13-11-,18-17-. The Morgan fingerprint density at radius 2 is 0.846 bits per heavy atom. The molecule has 306 valence electrons. The van der Waals surface area contributed by atoms with Crippen LogP contribution in [0.25, 0.3) is 0 Å². The van der Waals surface area contributed by atoms with Crippen LogP contribution >= 0.6 is 7.82 Å². The van der Waals surface area contributed by atoms with Crippen molar-refractivity contribution in [3.05, 3.63) is 24.3 Å². The molecule has 52 heavy (non-hydrogen) atoms. The molecule has 0 spiro atoms. The first-order valence-corrected chi connectivity index (χ1v) is 22.3. The average molecular weight is 761 g/mol. The second-order valence-electron chi connectivity index (χ2n) is 14.0. The first-order valence-electron chi connectivity index (χ1n) is 20.8. The highest BCUT2D eigenvalue weighted by atomic mass is 31.2. The van der Waals surface area contributed by atoms with Gasteiger partial charge in [-0.3, -0.25) is 18.6 Å². The SMILES string of the molecule is CCCCC/C=C\C/C=C\CCCCCCCCCC(=O)OC(CO)COP(=O)(O)OCC(CO)OC(=O)CCCCCCCCCCCCCC. The van der Waals surface area contributed by atoms with Crippen molar-refractivity contribution in [3.8, 4) is 0 Å². The molecule has 3 N–H and O–H groups in total. The molecule has 0 rings (SSSR count). The van der Waals surface area contributed by atoms with Crippen molar-refractivity contribution in [1.29, 1.82) is 0 Å². The van der Waals surface area contributed by atoms with Crippen molar-refractivity contribution in [2.75, 3.05) is 26.4 Å². The Bertz CT molecular complexity index is 925. The number of aliphatic hydroxyl groups excluding tert-OH is 2. The van der Waals surface area contributed by atoms with Gasteiger partial charge in [0, 0.05) is 12.8 Å². The van der Waals surface area contributed by atoms with Gasteiger partial charge in [0.2, 0.25) is 0 Å². The van der Waals surface area contributed by atoms with E-state index in [2.05, 4.69) is 38.2 Å². The first kappa shape index (κ1) is 50.5. The summed E-state index contributed by atoms with van der Waals surface area (Å²) in [6.45, 7) is 2.17. The molecule has 0 aliphatic carbocycles. The second kappa shape index (κ2) is 37.8. The lowest BCUT2D eigenvalue weighted by Crippen LogP contribution is -2.28. The van der Waals surface area contributed by atoms with E-state index in [-0.39, 0.29) is 12.8 Å². The maximum absolute atomic E-state index is 12.3. The van der Waals surface area contributed by atoms with Crippen molar-refractivity contribution in [2.45, 2.75) is 199 Å². The van der Waals surface area contributed by atoms with Gasteiger partial charge in [-0.15, -0.1) is 0 Å². The van der Waals surface area contributed by atoms with Gasteiger partial charge in [0.15, 0.2) is 0 Å². The maximum atomic E-state index is 12.3. The minimum Gasteiger partial charge on any atom is -0.457 e. The van der Waals surface area contributed by atoms with Crippen LogP contribution in [0.1, 0.15) is 187 Å². The second-order valence-corrected chi connectivity index (χ2v) is 15.4. The highest BCUT2D eigenvalue weighted by Gasteiger charge is 2.27. The Morgan fingerprint density at radius 3 is 1.23 bits per heavy atom. The summed E-state index contributed by atoms with van der Waals surface area (Å²) >= 11 is 0. The average Bonchev–Trinajstić information content (AvgIpc) is 3.13. The molecule has 3 unspecified atom stereocenters. The number of unbranched alkanes of at least 4 members (excludes halogenated alkanes) is 21. The summed E-state index contributed by atoms with van der Waals surface area (Å²) in [5, 5.41) is 19.1. The number of rotatable bonds is 39. The number of carbonyl (C=O) groups is 2. The lowest BCUT2D eigenvalue weighted by molar-refractivity contribution is -0.153. The predicted molar refractivity (Wildman–Crippen MR) is 210 cm³/mol. The lowest BCUT2D eigenvalue weighted by atomic mass is 10.0. The van der Waals surface area contributed by atoms with Gasteiger partial charge in [-0.05, 0) is 44.9 Å². The minimum absolute atomic E-state index is 0.185. The Balaban J connectivity index is 3.94. The highest BCUT2D eigenvalue weighted by Crippen LogP contribution is 2.43. The molecule has 10 nitrogen and oxygen atoms in total. The van der Waals surface area contributed by atoms with E-state index >= 15 is 0 Å². The molecule has 0 heterocycles.